The number of aromatic nitrogens is 4. The van der Waals surface area contributed by atoms with Gasteiger partial charge in [-0.2, -0.15) is 20.3 Å². The molecular formula is C25H22FN7OS. The van der Waals surface area contributed by atoms with Crippen LogP contribution in [-0.2, 0) is 0 Å². The summed E-state index contributed by atoms with van der Waals surface area (Å²) >= 11 is 1.40. The van der Waals surface area contributed by atoms with E-state index in [1.54, 1.807) is 36.7 Å². The number of anilines is 1. The van der Waals surface area contributed by atoms with E-state index in [-0.39, 0.29) is 23.8 Å². The molecule has 1 N–H and O–H groups in total. The molecule has 2 bridgehead atoms. The molecular weight excluding hydrogens is 465 g/mol. The first-order chi connectivity index (χ1) is 17.0. The molecule has 2 aromatic carbocycles. The van der Waals surface area contributed by atoms with Crippen LogP contribution >= 0.6 is 11.3 Å². The van der Waals surface area contributed by atoms with E-state index in [0.717, 1.165) is 23.1 Å². The van der Waals surface area contributed by atoms with Crippen molar-refractivity contribution >= 4 is 32.6 Å². The summed E-state index contributed by atoms with van der Waals surface area (Å²) in [5.74, 6) is 0.474. The highest BCUT2D eigenvalue weighted by Crippen LogP contribution is 2.47. The van der Waals surface area contributed by atoms with Gasteiger partial charge in [0.2, 0.25) is 0 Å². The summed E-state index contributed by atoms with van der Waals surface area (Å²) in [7, 11) is 0. The maximum atomic E-state index is 14.0. The topological polar surface area (TPSA) is 99.7 Å². The number of halogens is 1. The van der Waals surface area contributed by atoms with E-state index in [4.69, 9.17) is 0 Å². The molecule has 4 heterocycles. The highest BCUT2D eigenvalue weighted by Gasteiger charge is 2.50. The SMILES string of the molecule is C[C@H]1C2CC(C2)N(C(=O)c2cc(C#N)ccc2-n2nccn2)[C@H]1CNc1nc2ccc(F)cc2s1. The van der Waals surface area contributed by atoms with Crippen molar-refractivity contribution in [1.29, 1.82) is 5.26 Å². The highest BCUT2D eigenvalue weighted by atomic mass is 32.1. The minimum Gasteiger partial charge on any atom is -0.359 e. The highest BCUT2D eigenvalue weighted by molar-refractivity contribution is 7.22. The number of nitrogens with zero attached hydrogens (tertiary/aromatic N) is 6. The third-order valence-electron chi connectivity index (χ3n) is 7.29. The molecule has 0 radical (unpaired) electrons. The maximum absolute atomic E-state index is 14.0. The zero-order valence-corrected chi connectivity index (χ0v) is 19.7. The third-order valence-corrected chi connectivity index (χ3v) is 8.26. The van der Waals surface area contributed by atoms with Gasteiger partial charge >= 0.3 is 0 Å². The number of carbonyl (C=O) groups is 1. The molecule has 176 valence electrons. The van der Waals surface area contributed by atoms with Gasteiger partial charge in [0.15, 0.2) is 5.13 Å². The summed E-state index contributed by atoms with van der Waals surface area (Å²) in [6.45, 7) is 2.73. The Morgan fingerprint density at radius 2 is 2.03 bits per heavy atom. The van der Waals surface area contributed by atoms with Crippen LogP contribution < -0.4 is 5.32 Å². The first-order valence-electron chi connectivity index (χ1n) is 11.6. The van der Waals surface area contributed by atoms with Gasteiger partial charge in [-0.25, -0.2) is 9.37 Å². The van der Waals surface area contributed by atoms with E-state index in [9.17, 15) is 14.4 Å². The van der Waals surface area contributed by atoms with Gasteiger partial charge in [0.25, 0.3) is 5.91 Å². The van der Waals surface area contributed by atoms with E-state index in [2.05, 4.69) is 33.5 Å². The van der Waals surface area contributed by atoms with Crippen LogP contribution in [0.25, 0.3) is 15.9 Å². The molecule has 3 fully saturated rings. The Hall–Kier alpha value is -3.84. The Bertz CT molecular complexity index is 1450. The largest absolute Gasteiger partial charge is 0.359 e. The molecule has 3 aliphatic rings. The molecule has 35 heavy (non-hydrogen) atoms. The Morgan fingerprint density at radius 1 is 1.23 bits per heavy atom. The zero-order chi connectivity index (χ0) is 24.1. The number of hydrogen-bond donors (Lipinski definition) is 1. The summed E-state index contributed by atoms with van der Waals surface area (Å²) in [5, 5.41) is 22.0. The van der Waals surface area contributed by atoms with Gasteiger partial charge < -0.3 is 10.2 Å². The fourth-order valence-electron chi connectivity index (χ4n) is 5.32. The van der Waals surface area contributed by atoms with Crippen molar-refractivity contribution in [3.05, 3.63) is 65.7 Å². The zero-order valence-electron chi connectivity index (χ0n) is 18.9. The van der Waals surface area contributed by atoms with Crippen molar-refractivity contribution in [2.45, 2.75) is 31.8 Å². The first-order valence-corrected chi connectivity index (χ1v) is 12.4. The van der Waals surface area contributed by atoms with E-state index >= 15 is 0 Å². The Kier molecular flexibility index (Phi) is 5.22. The molecule has 1 aliphatic carbocycles. The number of carbonyl (C=O) groups excluding carboxylic acids is 1. The standard InChI is InChI=1S/C25H22FN7OS/c1-14-16-9-18(10-16)32(22(14)13-28-25-31-20-4-3-17(26)11-23(20)35-25)24(34)19-8-15(12-27)2-5-21(19)33-29-6-7-30-33/h2-8,11,14,16,18,22H,9-10,13H2,1H3,(H,28,31)/t14-,16?,18?,22-/m0/s1. The molecule has 8 nitrogen and oxygen atoms in total. The van der Waals surface area contributed by atoms with Crippen LogP contribution in [0, 0.1) is 29.0 Å². The van der Waals surface area contributed by atoms with Crippen LogP contribution in [0.2, 0.25) is 0 Å². The average Bonchev–Trinajstić information content (AvgIpc) is 3.51. The van der Waals surface area contributed by atoms with Crippen LogP contribution in [0.5, 0.6) is 0 Å². The molecule has 2 aromatic heterocycles. The number of nitrogens with one attached hydrogen (secondary N) is 1. The lowest BCUT2D eigenvalue weighted by atomic mass is 9.64. The number of hydrogen-bond acceptors (Lipinski definition) is 7. The molecule has 2 aliphatic heterocycles. The van der Waals surface area contributed by atoms with Crippen molar-refractivity contribution in [1.82, 2.24) is 24.9 Å². The van der Waals surface area contributed by atoms with Gasteiger partial charge in [-0.15, -0.1) is 0 Å². The second kappa shape index (κ2) is 8.43. The molecule has 2 saturated heterocycles. The van der Waals surface area contributed by atoms with Crippen LogP contribution in [0.15, 0.2) is 48.8 Å². The van der Waals surface area contributed by atoms with Gasteiger partial charge in [0.05, 0.1) is 51.5 Å². The second-order valence-electron chi connectivity index (χ2n) is 9.20. The van der Waals surface area contributed by atoms with Crippen LogP contribution in [-0.4, -0.2) is 49.4 Å². The fraction of sp³-hybridized carbons (Fsp3) is 0.320. The van der Waals surface area contributed by atoms with Crippen molar-refractivity contribution in [2.24, 2.45) is 11.8 Å². The Labute approximate surface area is 205 Å². The van der Waals surface area contributed by atoms with Gasteiger partial charge in [-0.05, 0) is 61.1 Å². The van der Waals surface area contributed by atoms with E-state index in [0.29, 0.717) is 40.3 Å². The second-order valence-corrected chi connectivity index (χ2v) is 10.2. The monoisotopic (exact) mass is 487 g/mol. The van der Waals surface area contributed by atoms with Gasteiger partial charge in [-0.1, -0.05) is 18.3 Å². The summed E-state index contributed by atoms with van der Waals surface area (Å²) < 4.78 is 14.4. The minimum absolute atomic E-state index is 0.0482. The lowest BCUT2D eigenvalue weighted by Gasteiger charge is -2.57. The molecule has 1 amide bonds. The number of rotatable bonds is 5. The number of fused-ring (bicyclic) bond motifs is 3. The summed E-state index contributed by atoms with van der Waals surface area (Å²) in [6, 6.07) is 11.8. The van der Waals surface area contributed by atoms with Gasteiger partial charge in [0, 0.05) is 12.6 Å². The van der Waals surface area contributed by atoms with E-state index in [1.165, 1.54) is 28.3 Å². The fourth-order valence-corrected chi connectivity index (χ4v) is 6.22. The maximum Gasteiger partial charge on any atom is 0.256 e. The molecule has 2 atom stereocenters. The van der Waals surface area contributed by atoms with Crippen molar-refractivity contribution in [2.75, 3.05) is 11.9 Å². The Balaban J connectivity index is 1.31. The smallest absolute Gasteiger partial charge is 0.256 e. The predicted octanol–water partition coefficient (Wildman–Crippen LogP) is 4.24. The number of piperidine rings is 2. The quantitative estimate of drug-likeness (QED) is 0.452. The number of amides is 1. The average molecular weight is 488 g/mol. The van der Waals surface area contributed by atoms with Gasteiger partial charge in [-0.3, -0.25) is 4.79 Å². The van der Waals surface area contributed by atoms with Crippen molar-refractivity contribution < 1.29 is 9.18 Å². The molecule has 0 unspecified atom stereocenters. The molecule has 1 saturated carbocycles. The molecule has 7 rings (SSSR count). The predicted molar refractivity (Wildman–Crippen MR) is 130 cm³/mol. The van der Waals surface area contributed by atoms with E-state index < -0.39 is 0 Å². The summed E-state index contributed by atoms with van der Waals surface area (Å²) in [5.41, 5.74) is 2.12. The van der Waals surface area contributed by atoms with Crippen molar-refractivity contribution in [3.8, 4) is 11.8 Å². The normalized spacial score (nSPS) is 23.1. The van der Waals surface area contributed by atoms with Gasteiger partial charge in [0.1, 0.15) is 5.82 Å². The number of nitriles is 1. The molecule has 10 heteroatoms. The van der Waals surface area contributed by atoms with Crippen LogP contribution in [0.4, 0.5) is 9.52 Å². The molecule has 0 spiro atoms. The minimum atomic E-state index is -0.285. The third kappa shape index (κ3) is 3.72. The summed E-state index contributed by atoms with van der Waals surface area (Å²) in [4.78, 5) is 22.0. The van der Waals surface area contributed by atoms with Crippen LogP contribution in [0.1, 0.15) is 35.7 Å². The first kappa shape index (κ1) is 21.7. The lowest BCUT2D eigenvalue weighted by molar-refractivity contribution is -0.0502. The summed E-state index contributed by atoms with van der Waals surface area (Å²) in [6.07, 6.45) is 5.08. The van der Waals surface area contributed by atoms with E-state index in [1.807, 2.05) is 4.90 Å². The lowest BCUT2D eigenvalue weighted by Crippen LogP contribution is -2.64. The number of benzene rings is 2. The van der Waals surface area contributed by atoms with Crippen LogP contribution in [0.3, 0.4) is 0 Å². The van der Waals surface area contributed by atoms with Crippen molar-refractivity contribution in [3.63, 3.8) is 0 Å². The number of thiazole rings is 1. The molecule has 4 aromatic rings. The Morgan fingerprint density at radius 3 is 2.80 bits per heavy atom.